The van der Waals surface area contributed by atoms with Crippen molar-refractivity contribution in [2.75, 3.05) is 0 Å². The van der Waals surface area contributed by atoms with E-state index in [1.165, 1.54) is 18.2 Å². The van der Waals surface area contributed by atoms with Gasteiger partial charge in [0.15, 0.2) is 11.6 Å². The largest absolute Gasteiger partial charge is 0.233 e. The van der Waals surface area contributed by atoms with Crippen LogP contribution in [0.2, 0.25) is 0 Å². The van der Waals surface area contributed by atoms with Gasteiger partial charge in [-0.3, -0.25) is 0 Å². The van der Waals surface area contributed by atoms with E-state index in [1.54, 1.807) is 17.1 Å². The summed E-state index contributed by atoms with van der Waals surface area (Å²) in [4.78, 5) is 9.20. The van der Waals surface area contributed by atoms with Crippen molar-refractivity contribution < 1.29 is 8.78 Å². The van der Waals surface area contributed by atoms with E-state index >= 15 is 0 Å². The molecule has 0 saturated heterocycles. The fourth-order valence-electron chi connectivity index (χ4n) is 6.03. The van der Waals surface area contributed by atoms with Gasteiger partial charge in [0.05, 0.1) is 28.1 Å². The lowest BCUT2D eigenvalue weighted by atomic mass is 9.66. The molecule has 8 heteroatoms. The zero-order valence-electron chi connectivity index (χ0n) is 18.8. The van der Waals surface area contributed by atoms with Gasteiger partial charge in [0.25, 0.3) is 0 Å². The number of nitrogens with zero attached hydrogens (tertiary/aromatic N) is 6. The molecule has 0 unspecified atom stereocenters. The summed E-state index contributed by atoms with van der Waals surface area (Å²) < 4.78 is 30.6. The lowest BCUT2D eigenvalue weighted by molar-refractivity contribution is 0.242. The second-order valence-electron chi connectivity index (χ2n) is 9.48. The third-order valence-electron chi connectivity index (χ3n) is 7.70. The summed E-state index contributed by atoms with van der Waals surface area (Å²) in [6, 6.07) is 11.5. The maximum atomic E-state index is 14.5. The molecule has 2 aliphatic carbocycles. The fraction of sp³-hybridized carbons (Fsp3) is 0.269. The molecular formula is C26H22F2N6. The molecule has 0 aliphatic heterocycles. The molecule has 2 atom stereocenters. The van der Waals surface area contributed by atoms with Gasteiger partial charge in [0.2, 0.25) is 0 Å². The van der Waals surface area contributed by atoms with E-state index in [0.717, 1.165) is 29.8 Å². The number of hydrogen-bond acceptors (Lipinski definition) is 5. The molecule has 1 aromatic carbocycles. The number of fused-ring (bicyclic) bond motifs is 5. The van der Waals surface area contributed by atoms with Crippen LogP contribution in [0, 0.1) is 17.0 Å². The van der Waals surface area contributed by atoms with E-state index in [0.29, 0.717) is 11.6 Å². The molecule has 0 amide bonds. The first kappa shape index (κ1) is 20.8. The van der Waals surface area contributed by atoms with Crippen LogP contribution in [0.4, 0.5) is 8.78 Å². The molecular weight excluding hydrogens is 434 g/mol. The zero-order valence-corrected chi connectivity index (χ0v) is 18.8. The normalized spacial score (nSPS) is 22.1. The SMILES string of the molecule is C=Cc1ncn(-c2cccc([C@@]34CC[C@@H](c5cc(-c6c(F)cccc6F)nnc53)C4(C)C)n2)n1. The van der Waals surface area contributed by atoms with E-state index in [-0.39, 0.29) is 22.6 Å². The van der Waals surface area contributed by atoms with E-state index in [2.05, 4.69) is 40.7 Å². The first-order valence-electron chi connectivity index (χ1n) is 11.2. The van der Waals surface area contributed by atoms with Gasteiger partial charge >= 0.3 is 0 Å². The minimum Gasteiger partial charge on any atom is -0.233 e. The Morgan fingerprint density at radius 3 is 2.59 bits per heavy atom. The number of rotatable bonds is 4. The number of benzene rings is 1. The van der Waals surface area contributed by atoms with Gasteiger partial charge in [-0.05, 0) is 66.1 Å². The van der Waals surface area contributed by atoms with Crippen LogP contribution in [0.3, 0.4) is 0 Å². The number of hydrogen-bond donors (Lipinski definition) is 0. The number of pyridine rings is 1. The van der Waals surface area contributed by atoms with Gasteiger partial charge < -0.3 is 0 Å². The first-order chi connectivity index (χ1) is 16.4. The van der Waals surface area contributed by atoms with Crippen LogP contribution in [-0.2, 0) is 5.41 Å². The van der Waals surface area contributed by atoms with Crippen LogP contribution in [0.25, 0.3) is 23.2 Å². The van der Waals surface area contributed by atoms with Crippen molar-refractivity contribution in [1.29, 1.82) is 0 Å². The predicted molar refractivity (Wildman–Crippen MR) is 123 cm³/mol. The molecule has 6 nitrogen and oxygen atoms in total. The van der Waals surface area contributed by atoms with Gasteiger partial charge in [-0.2, -0.15) is 5.10 Å². The average Bonchev–Trinajstić information content (AvgIpc) is 3.47. The summed E-state index contributed by atoms with van der Waals surface area (Å²) in [6.45, 7) is 8.15. The van der Waals surface area contributed by atoms with Crippen molar-refractivity contribution in [2.45, 2.75) is 38.0 Å². The minimum atomic E-state index is -0.646. The molecule has 0 spiro atoms. The van der Waals surface area contributed by atoms with Gasteiger partial charge in [-0.15, -0.1) is 10.2 Å². The second-order valence-corrected chi connectivity index (χ2v) is 9.48. The standard InChI is InChI=1S/C26H22F2N6/c1-4-21-29-14-34(33-21)22-10-6-9-20(30-22)26-12-11-16(25(26,2)3)15-13-19(31-32-24(15)26)23-17(27)7-5-8-18(23)28/h4-10,13-14,16H,1,11-12H2,2-3H3/t16-,26-/m0/s1. The highest BCUT2D eigenvalue weighted by molar-refractivity contribution is 5.64. The summed E-state index contributed by atoms with van der Waals surface area (Å²) in [5.74, 6) is 0.0607. The van der Waals surface area contributed by atoms with E-state index < -0.39 is 17.0 Å². The zero-order chi connectivity index (χ0) is 23.7. The Balaban J connectivity index is 1.51. The van der Waals surface area contributed by atoms with Crippen LogP contribution in [0.15, 0.2) is 55.4 Å². The summed E-state index contributed by atoms with van der Waals surface area (Å²) in [6.07, 6.45) is 5.00. The molecule has 2 aliphatic rings. The topological polar surface area (TPSA) is 69.4 Å². The van der Waals surface area contributed by atoms with Crippen molar-refractivity contribution in [3.8, 4) is 17.1 Å². The molecule has 1 saturated carbocycles. The second kappa shape index (κ2) is 7.09. The molecule has 1 fully saturated rings. The lowest BCUT2D eigenvalue weighted by Crippen LogP contribution is -2.38. The number of aromatic nitrogens is 6. The van der Waals surface area contributed by atoms with Crippen LogP contribution in [0.1, 0.15) is 55.4 Å². The molecule has 0 radical (unpaired) electrons. The first-order valence-corrected chi connectivity index (χ1v) is 11.2. The van der Waals surface area contributed by atoms with E-state index in [9.17, 15) is 8.78 Å². The molecule has 3 aromatic heterocycles. The summed E-state index contributed by atoms with van der Waals surface area (Å²) in [5.41, 5.74) is 2.10. The van der Waals surface area contributed by atoms with Gasteiger partial charge in [0, 0.05) is 0 Å². The maximum Gasteiger partial charge on any atom is 0.173 e. The Kier molecular flexibility index (Phi) is 4.33. The third kappa shape index (κ3) is 2.62. The fourth-order valence-corrected chi connectivity index (χ4v) is 6.03. The van der Waals surface area contributed by atoms with Crippen LogP contribution >= 0.6 is 0 Å². The van der Waals surface area contributed by atoms with Crippen molar-refractivity contribution >= 4 is 6.08 Å². The highest BCUT2D eigenvalue weighted by Gasteiger charge is 2.65. The predicted octanol–water partition coefficient (Wildman–Crippen LogP) is 5.24. The molecule has 2 bridgehead atoms. The summed E-state index contributed by atoms with van der Waals surface area (Å²) in [5, 5.41) is 13.3. The van der Waals surface area contributed by atoms with Gasteiger partial charge in [-0.1, -0.05) is 32.6 Å². The Bertz CT molecular complexity index is 1440. The van der Waals surface area contributed by atoms with Crippen LogP contribution in [0.5, 0.6) is 0 Å². The summed E-state index contributed by atoms with van der Waals surface area (Å²) in [7, 11) is 0. The Hall–Kier alpha value is -3.81. The maximum absolute atomic E-state index is 14.5. The van der Waals surface area contributed by atoms with Crippen molar-refractivity contribution in [3.63, 3.8) is 0 Å². The summed E-state index contributed by atoms with van der Waals surface area (Å²) >= 11 is 0. The Morgan fingerprint density at radius 1 is 1.09 bits per heavy atom. The average molecular weight is 457 g/mol. The third-order valence-corrected chi connectivity index (χ3v) is 7.70. The highest BCUT2D eigenvalue weighted by Crippen LogP contribution is 2.69. The van der Waals surface area contributed by atoms with Gasteiger partial charge in [-0.25, -0.2) is 23.4 Å². The van der Waals surface area contributed by atoms with Crippen molar-refractivity contribution in [3.05, 3.63) is 89.8 Å². The molecule has 170 valence electrons. The van der Waals surface area contributed by atoms with Crippen molar-refractivity contribution in [2.24, 2.45) is 5.41 Å². The molecule has 6 rings (SSSR count). The minimum absolute atomic E-state index is 0.142. The lowest BCUT2D eigenvalue weighted by Gasteiger charge is -2.37. The highest BCUT2D eigenvalue weighted by atomic mass is 19.1. The van der Waals surface area contributed by atoms with E-state index in [4.69, 9.17) is 4.98 Å². The smallest absolute Gasteiger partial charge is 0.173 e. The van der Waals surface area contributed by atoms with Crippen molar-refractivity contribution in [1.82, 2.24) is 29.9 Å². The Labute approximate surface area is 195 Å². The molecule has 34 heavy (non-hydrogen) atoms. The van der Waals surface area contributed by atoms with Crippen LogP contribution in [-0.4, -0.2) is 29.9 Å². The number of halogens is 2. The van der Waals surface area contributed by atoms with Gasteiger partial charge in [0.1, 0.15) is 18.0 Å². The molecule has 3 heterocycles. The van der Waals surface area contributed by atoms with E-state index in [1.807, 2.05) is 24.3 Å². The monoisotopic (exact) mass is 456 g/mol. The Morgan fingerprint density at radius 2 is 1.85 bits per heavy atom. The quantitative estimate of drug-likeness (QED) is 0.420. The molecule has 4 aromatic rings. The van der Waals surface area contributed by atoms with Crippen LogP contribution < -0.4 is 0 Å². The molecule has 0 N–H and O–H groups in total.